The average Bonchev–Trinajstić information content (AvgIpc) is 2.38. The van der Waals surface area contributed by atoms with Gasteiger partial charge in [0.2, 0.25) is 0 Å². The van der Waals surface area contributed by atoms with Crippen molar-refractivity contribution >= 4 is 0 Å². The summed E-state index contributed by atoms with van der Waals surface area (Å²) < 4.78 is 0. The number of hydrogen-bond acceptors (Lipinski definition) is 2. The van der Waals surface area contributed by atoms with Gasteiger partial charge >= 0.3 is 0 Å². The van der Waals surface area contributed by atoms with E-state index in [1.807, 2.05) is 0 Å². The predicted octanol–water partition coefficient (Wildman–Crippen LogP) is 4.08. The van der Waals surface area contributed by atoms with Gasteiger partial charge in [0.1, 0.15) is 0 Å². The maximum Gasteiger partial charge on any atom is 0.0601 e. The Balaban J connectivity index is 2.18. The van der Waals surface area contributed by atoms with Crippen molar-refractivity contribution in [1.82, 2.24) is 0 Å². The molecule has 2 heteroatoms. The molecule has 1 saturated carbocycles. The number of hydrogen-bond donors (Lipinski definition) is 2. The molecule has 0 aromatic carbocycles. The molecule has 2 unspecified atom stereocenters. The van der Waals surface area contributed by atoms with Crippen LogP contribution in [0.3, 0.4) is 0 Å². The van der Waals surface area contributed by atoms with Crippen LogP contribution in [0.1, 0.15) is 59.3 Å². The minimum atomic E-state index is -0.376. The second-order valence-corrected chi connectivity index (χ2v) is 7.42. The fourth-order valence-electron chi connectivity index (χ4n) is 4.56. The Labute approximate surface area is 130 Å². The van der Waals surface area contributed by atoms with E-state index in [1.165, 1.54) is 11.1 Å². The van der Waals surface area contributed by atoms with Gasteiger partial charge < -0.3 is 10.2 Å². The lowest BCUT2D eigenvalue weighted by atomic mass is 9.63. The molecule has 2 N–H and O–H groups in total. The minimum Gasteiger partial charge on any atom is -0.393 e. The molecule has 2 aliphatic carbocycles. The molecule has 0 radical (unpaired) electrons. The zero-order valence-corrected chi connectivity index (χ0v) is 13.9. The van der Waals surface area contributed by atoms with Crippen LogP contribution in [0.2, 0.25) is 0 Å². The molecule has 4 atom stereocenters. The van der Waals surface area contributed by atoms with Gasteiger partial charge in [-0.05, 0) is 57.3 Å². The Morgan fingerprint density at radius 1 is 1.29 bits per heavy atom. The van der Waals surface area contributed by atoms with Crippen molar-refractivity contribution in [3.63, 3.8) is 0 Å². The van der Waals surface area contributed by atoms with Crippen molar-refractivity contribution in [2.24, 2.45) is 23.7 Å². The molecule has 0 amide bonds. The molecule has 0 heterocycles. The van der Waals surface area contributed by atoms with E-state index in [0.29, 0.717) is 11.8 Å². The maximum atomic E-state index is 10.7. The fourth-order valence-corrected chi connectivity index (χ4v) is 4.56. The van der Waals surface area contributed by atoms with Gasteiger partial charge in [-0.15, -0.1) is 0 Å². The van der Waals surface area contributed by atoms with E-state index in [0.717, 1.165) is 38.5 Å². The summed E-state index contributed by atoms with van der Waals surface area (Å²) in [6.45, 7) is 10.6. The van der Waals surface area contributed by atoms with Crippen LogP contribution in [0.15, 0.2) is 23.8 Å². The average molecular weight is 292 g/mol. The van der Waals surface area contributed by atoms with E-state index in [1.54, 1.807) is 0 Å². The molecule has 2 aliphatic rings. The molecule has 0 saturated heterocycles. The Kier molecular flexibility index (Phi) is 5.67. The summed E-state index contributed by atoms with van der Waals surface area (Å²) in [7, 11) is 0. The largest absolute Gasteiger partial charge is 0.393 e. The van der Waals surface area contributed by atoms with E-state index >= 15 is 0 Å². The van der Waals surface area contributed by atoms with Crippen LogP contribution in [0, 0.1) is 23.7 Å². The first kappa shape index (κ1) is 16.8. The van der Waals surface area contributed by atoms with E-state index in [9.17, 15) is 10.2 Å². The highest BCUT2D eigenvalue weighted by Crippen LogP contribution is 2.44. The highest BCUT2D eigenvalue weighted by molar-refractivity contribution is 5.17. The van der Waals surface area contributed by atoms with Gasteiger partial charge in [0, 0.05) is 5.92 Å². The van der Waals surface area contributed by atoms with Crippen LogP contribution < -0.4 is 0 Å². The third-order valence-electron chi connectivity index (χ3n) is 5.60. The van der Waals surface area contributed by atoms with Crippen LogP contribution in [0.5, 0.6) is 0 Å². The highest BCUT2D eigenvalue weighted by atomic mass is 16.3. The molecule has 0 spiro atoms. The quantitative estimate of drug-likeness (QED) is 0.766. The van der Waals surface area contributed by atoms with E-state index in [4.69, 9.17) is 0 Å². The standard InChI is InChI=1S/C19H32O2/c1-5-6-14-10-17(20)19(18(21)11-14)16-9-13(4)7-8-15(16)12(2)3/h9,14-21H,2,5-8,10-11H2,1,3-4H3/t14?,15-,16+,17?,18?,19?/m0/s1. The van der Waals surface area contributed by atoms with E-state index in [2.05, 4.69) is 33.4 Å². The first-order valence-electron chi connectivity index (χ1n) is 8.62. The summed E-state index contributed by atoms with van der Waals surface area (Å²) in [6.07, 6.45) is 7.72. The zero-order chi connectivity index (χ0) is 15.6. The minimum absolute atomic E-state index is 0.0185. The van der Waals surface area contributed by atoms with Crippen LogP contribution >= 0.6 is 0 Å². The number of rotatable bonds is 4. The van der Waals surface area contributed by atoms with Crippen LogP contribution in [0.4, 0.5) is 0 Å². The van der Waals surface area contributed by atoms with E-state index < -0.39 is 0 Å². The first-order chi connectivity index (χ1) is 9.93. The molecule has 0 aliphatic heterocycles. The highest BCUT2D eigenvalue weighted by Gasteiger charge is 2.43. The van der Waals surface area contributed by atoms with Gasteiger partial charge in [0.05, 0.1) is 12.2 Å². The lowest BCUT2D eigenvalue weighted by Gasteiger charge is -2.44. The molecule has 2 nitrogen and oxygen atoms in total. The normalized spacial score (nSPS) is 40.7. The number of aliphatic hydroxyl groups excluding tert-OH is 2. The molecule has 2 rings (SSSR count). The van der Waals surface area contributed by atoms with Crippen molar-refractivity contribution in [2.75, 3.05) is 0 Å². The van der Waals surface area contributed by atoms with Crippen molar-refractivity contribution in [3.8, 4) is 0 Å². The van der Waals surface area contributed by atoms with Crippen LogP contribution in [-0.2, 0) is 0 Å². The Morgan fingerprint density at radius 3 is 2.43 bits per heavy atom. The lowest BCUT2D eigenvalue weighted by Crippen LogP contribution is -2.46. The van der Waals surface area contributed by atoms with Gasteiger partial charge in [0.25, 0.3) is 0 Å². The molecular weight excluding hydrogens is 260 g/mol. The molecule has 0 aromatic heterocycles. The van der Waals surface area contributed by atoms with Gasteiger partial charge in [0.15, 0.2) is 0 Å². The smallest absolute Gasteiger partial charge is 0.0601 e. The lowest BCUT2D eigenvalue weighted by molar-refractivity contribution is -0.0714. The predicted molar refractivity (Wildman–Crippen MR) is 87.9 cm³/mol. The fraction of sp³-hybridized carbons (Fsp3) is 0.789. The van der Waals surface area contributed by atoms with Crippen LogP contribution in [-0.4, -0.2) is 22.4 Å². The zero-order valence-electron chi connectivity index (χ0n) is 13.9. The first-order valence-corrected chi connectivity index (χ1v) is 8.62. The SMILES string of the molecule is C=C(C)[C@@H]1CCC(C)=C[C@H]1C1C(O)CC(CCC)CC1O. The second-order valence-electron chi connectivity index (χ2n) is 7.42. The van der Waals surface area contributed by atoms with Gasteiger partial charge in [-0.3, -0.25) is 0 Å². The maximum absolute atomic E-state index is 10.7. The topological polar surface area (TPSA) is 40.5 Å². The monoisotopic (exact) mass is 292 g/mol. The third-order valence-corrected chi connectivity index (χ3v) is 5.60. The van der Waals surface area contributed by atoms with E-state index in [-0.39, 0.29) is 24.0 Å². The van der Waals surface area contributed by atoms with Crippen LogP contribution in [0.25, 0.3) is 0 Å². The summed E-state index contributed by atoms with van der Waals surface area (Å²) in [5.41, 5.74) is 2.59. The van der Waals surface area contributed by atoms with Crippen molar-refractivity contribution < 1.29 is 10.2 Å². The molecule has 0 aromatic rings. The summed E-state index contributed by atoms with van der Waals surface area (Å²) in [5.74, 6) is 1.12. The Morgan fingerprint density at radius 2 is 1.90 bits per heavy atom. The summed E-state index contributed by atoms with van der Waals surface area (Å²) in [4.78, 5) is 0. The molecular formula is C19H32O2. The van der Waals surface area contributed by atoms with Crippen molar-refractivity contribution in [3.05, 3.63) is 23.8 Å². The third kappa shape index (κ3) is 3.78. The molecule has 0 bridgehead atoms. The molecule has 120 valence electrons. The summed E-state index contributed by atoms with van der Waals surface area (Å²) >= 11 is 0. The molecule has 21 heavy (non-hydrogen) atoms. The van der Waals surface area contributed by atoms with Crippen molar-refractivity contribution in [2.45, 2.75) is 71.5 Å². The second kappa shape index (κ2) is 7.11. The van der Waals surface area contributed by atoms with Gasteiger partial charge in [-0.2, -0.15) is 0 Å². The molecule has 1 fully saturated rings. The van der Waals surface area contributed by atoms with Crippen molar-refractivity contribution in [1.29, 1.82) is 0 Å². The summed E-state index contributed by atoms with van der Waals surface area (Å²) in [5, 5.41) is 21.3. The Bertz CT molecular complexity index is 386. The Hall–Kier alpha value is -0.600. The van der Waals surface area contributed by atoms with Gasteiger partial charge in [-0.25, -0.2) is 0 Å². The summed E-state index contributed by atoms with van der Waals surface area (Å²) in [6, 6.07) is 0. The number of allylic oxidation sites excluding steroid dienone is 3. The number of aliphatic hydroxyl groups is 2. The van der Waals surface area contributed by atoms with Gasteiger partial charge in [-0.1, -0.05) is 43.6 Å².